The fourth-order valence-corrected chi connectivity index (χ4v) is 2.75. The van der Waals surface area contributed by atoms with E-state index in [1.807, 2.05) is 6.07 Å². The summed E-state index contributed by atoms with van der Waals surface area (Å²) in [5.41, 5.74) is 0. The first-order chi connectivity index (χ1) is 8.72. The van der Waals surface area contributed by atoms with Crippen LogP contribution in [0.3, 0.4) is 0 Å². The lowest BCUT2D eigenvalue weighted by Gasteiger charge is -2.33. The van der Waals surface area contributed by atoms with Gasteiger partial charge in [-0.1, -0.05) is 31.9 Å². The summed E-state index contributed by atoms with van der Waals surface area (Å²) in [6, 6.07) is 1.90. The third kappa shape index (κ3) is 3.35. The molecule has 18 heavy (non-hydrogen) atoms. The molecular formula is C14H22ClN3. The summed E-state index contributed by atoms with van der Waals surface area (Å²) in [4.78, 5) is 11.3. The van der Waals surface area contributed by atoms with Crippen LogP contribution >= 0.6 is 11.6 Å². The van der Waals surface area contributed by atoms with Gasteiger partial charge in [0, 0.05) is 25.6 Å². The zero-order valence-corrected chi connectivity index (χ0v) is 12.1. The number of hydrogen-bond acceptors (Lipinski definition) is 3. The van der Waals surface area contributed by atoms with Gasteiger partial charge in [-0.15, -0.1) is 0 Å². The molecule has 0 radical (unpaired) electrons. The van der Waals surface area contributed by atoms with Crippen molar-refractivity contribution in [2.75, 3.05) is 18.0 Å². The van der Waals surface area contributed by atoms with Crippen LogP contribution in [0.5, 0.6) is 0 Å². The van der Waals surface area contributed by atoms with E-state index in [0.29, 0.717) is 5.15 Å². The topological polar surface area (TPSA) is 29.0 Å². The predicted molar refractivity (Wildman–Crippen MR) is 76.3 cm³/mol. The maximum atomic E-state index is 6.10. The highest BCUT2D eigenvalue weighted by Gasteiger charge is 2.20. The number of piperidine rings is 1. The van der Waals surface area contributed by atoms with Gasteiger partial charge < -0.3 is 4.90 Å². The first-order valence-corrected chi connectivity index (χ1v) is 7.39. The average Bonchev–Trinajstić information content (AvgIpc) is 2.38. The quantitative estimate of drug-likeness (QED) is 0.779. The zero-order valence-electron chi connectivity index (χ0n) is 11.3. The molecule has 2 heterocycles. The molecule has 0 saturated carbocycles. The van der Waals surface area contributed by atoms with Crippen LogP contribution < -0.4 is 4.90 Å². The SMILES string of the molecule is CCCc1nc(Cl)cc(N2CCCC(CC)C2)n1. The summed E-state index contributed by atoms with van der Waals surface area (Å²) < 4.78 is 0. The van der Waals surface area contributed by atoms with E-state index < -0.39 is 0 Å². The molecule has 2 rings (SSSR count). The van der Waals surface area contributed by atoms with Crippen molar-refractivity contribution in [3.8, 4) is 0 Å². The molecule has 0 N–H and O–H groups in total. The van der Waals surface area contributed by atoms with Gasteiger partial charge in [0.15, 0.2) is 0 Å². The van der Waals surface area contributed by atoms with Crippen LogP contribution in [0.25, 0.3) is 0 Å². The third-order valence-corrected chi connectivity index (χ3v) is 3.82. The van der Waals surface area contributed by atoms with E-state index in [4.69, 9.17) is 11.6 Å². The van der Waals surface area contributed by atoms with Crippen molar-refractivity contribution in [1.29, 1.82) is 0 Å². The normalized spacial score (nSPS) is 20.2. The Kier molecular flexibility index (Phi) is 4.81. The fourth-order valence-electron chi connectivity index (χ4n) is 2.56. The Labute approximate surface area is 115 Å². The molecule has 1 fully saturated rings. The van der Waals surface area contributed by atoms with Crippen LogP contribution in [-0.2, 0) is 6.42 Å². The van der Waals surface area contributed by atoms with Crippen molar-refractivity contribution in [3.05, 3.63) is 17.0 Å². The molecule has 1 aliphatic heterocycles. The first kappa shape index (κ1) is 13.6. The molecule has 1 aromatic rings. The lowest BCUT2D eigenvalue weighted by atomic mass is 9.96. The maximum absolute atomic E-state index is 6.10. The van der Waals surface area contributed by atoms with Crippen molar-refractivity contribution < 1.29 is 0 Å². The number of aryl methyl sites for hydroxylation is 1. The van der Waals surface area contributed by atoms with E-state index in [2.05, 4.69) is 28.7 Å². The van der Waals surface area contributed by atoms with E-state index in [-0.39, 0.29) is 0 Å². The largest absolute Gasteiger partial charge is 0.356 e. The molecule has 0 amide bonds. The second-order valence-electron chi connectivity index (χ2n) is 5.08. The van der Waals surface area contributed by atoms with Gasteiger partial charge in [0.2, 0.25) is 0 Å². The van der Waals surface area contributed by atoms with Gasteiger partial charge in [0.1, 0.15) is 16.8 Å². The van der Waals surface area contributed by atoms with Gasteiger partial charge in [-0.05, 0) is 25.2 Å². The monoisotopic (exact) mass is 267 g/mol. The zero-order chi connectivity index (χ0) is 13.0. The second-order valence-corrected chi connectivity index (χ2v) is 5.46. The predicted octanol–water partition coefficient (Wildman–Crippen LogP) is 3.71. The minimum atomic E-state index is 0.571. The Bertz CT molecular complexity index is 395. The molecule has 0 bridgehead atoms. The van der Waals surface area contributed by atoms with Crippen LogP contribution in [0.2, 0.25) is 5.15 Å². The van der Waals surface area contributed by atoms with Gasteiger partial charge in [0.05, 0.1) is 0 Å². The minimum absolute atomic E-state index is 0.571. The molecule has 1 aromatic heterocycles. The van der Waals surface area contributed by atoms with E-state index in [1.165, 1.54) is 19.3 Å². The maximum Gasteiger partial charge on any atom is 0.134 e. The molecule has 1 saturated heterocycles. The summed E-state index contributed by atoms with van der Waals surface area (Å²) in [5.74, 6) is 2.68. The molecular weight excluding hydrogens is 246 g/mol. The number of anilines is 1. The number of hydrogen-bond donors (Lipinski definition) is 0. The van der Waals surface area contributed by atoms with Crippen molar-refractivity contribution in [2.45, 2.75) is 46.0 Å². The van der Waals surface area contributed by atoms with Crippen molar-refractivity contribution in [2.24, 2.45) is 5.92 Å². The van der Waals surface area contributed by atoms with Gasteiger partial charge >= 0.3 is 0 Å². The van der Waals surface area contributed by atoms with E-state index in [1.54, 1.807) is 0 Å². The van der Waals surface area contributed by atoms with E-state index >= 15 is 0 Å². The highest BCUT2D eigenvalue weighted by atomic mass is 35.5. The van der Waals surface area contributed by atoms with Crippen molar-refractivity contribution in [1.82, 2.24) is 9.97 Å². The second kappa shape index (κ2) is 6.37. The molecule has 4 heteroatoms. The summed E-state index contributed by atoms with van der Waals surface area (Å²) in [6.45, 7) is 6.60. The van der Waals surface area contributed by atoms with Crippen LogP contribution in [0, 0.1) is 5.92 Å². The number of nitrogens with zero attached hydrogens (tertiary/aromatic N) is 3. The Hall–Kier alpha value is -0.830. The molecule has 1 atom stereocenters. The van der Waals surface area contributed by atoms with Gasteiger partial charge in [-0.3, -0.25) is 0 Å². The number of rotatable bonds is 4. The van der Waals surface area contributed by atoms with E-state index in [0.717, 1.165) is 43.5 Å². The molecule has 3 nitrogen and oxygen atoms in total. The van der Waals surface area contributed by atoms with Gasteiger partial charge in [-0.25, -0.2) is 9.97 Å². The molecule has 1 aliphatic rings. The lowest BCUT2D eigenvalue weighted by Crippen LogP contribution is -2.35. The highest BCUT2D eigenvalue weighted by molar-refractivity contribution is 6.29. The Morgan fingerprint density at radius 2 is 2.22 bits per heavy atom. The van der Waals surface area contributed by atoms with Gasteiger partial charge in [0.25, 0.3) is 0 Å². The summed E-state index contributed by atoms with van der Waals surface area (Å²) in [6.07, 6.45) is 5.80. The molecule has 0 aliphatic carbocycles. The third-order valence-electron chi connectivity index (χ3n) is 3.62. The van der Waals surface area contributed by atoms with Crippen molar-refractivity contribution in [3.63, 3.8) is 0 Å². The van der Waals surface area contributed by atoms with E-state index in [9.17, 15) is 0 Å². The summed E-state index contributed by atoms with van der Waals surface area (Å²) >= 11 is 6.10. The van der Waals surface area contributed by atoms with Gasteiger partial charge in [-0.2, -0.15) is 0 Å². The highest BCUT2D eigenvalue weighted by Crippen LogP contribution is 2.25. The molecule has 1 unspecified atom stereocenters. The lowest BCUT2D eigenvalue weighted by molar-refractivity contribution is 0.402. The summed E-state index contributed by atoms with van der Waals surface area (Å²) in [5, 5.41) is 0.571. The Morgan fingerprint density at radius 3 is 2.94 bits per heavy atom. The Morgan fingerprint density at radius 1 is 1.39 bits per heavy atom. The smallest absolute Gasteiger partial charge is 0.134 e. The van der Waals surface area contributed by atoms with Crippen LogP contribution in [-0.4, -0.2) is 23.1 Å². The number of halogens is 1. The molecule has 100 valence electrons. The molecule has 0 aromatic carbocycles. The van der Waals surface area contributed by atoms with Crippen LogP contribution in [0.15, 0.2) is 6.07 Å². The summed E-state index contributed by atoms with van der Waals surface area (Å²) in [7, 11) is 0. The Balaban J connectivity index is 2.16. The standard InChI is InChI=1S/C14H22ClN3/c1-3-6-13-16-12(15)9-14(17-13)18-8-5-7-11(4-2)10-18/h9,11H,3-8,10H2,1-2H3. The fraction of sp³-hybridized carbons (Fsp3) is 0.714. The molecule has 0 spiro atoms. The minimum Gasteiger partial charge on any atom is -0.356 e. The van der Waals surface area contributed by atoms with Crippen molar-refractivity contribution >= 4 is 17.4 Å². The van der Waals surface area contributed by atoms with Crippen LogP contribution in [0.1, 0.15) is 45.4 Å². The first-order valence-electron chi connectivity index (χ1n) is 7.01. The number of aromatic nitrogens is 2. The van der Waals surface area contributed by atoms with Crippen LogP contribution in [0.4, 0.5) is 5.82 Å². The average molecular weight is 268 g/mol.